The minimum absolute atomic E-state index is 0. The molecule has 0 nitrogen and oxygen atoms in total. The largest absolute Gasteiger partial charge is 2.00 e. The number of allylic oxidation sites excluding steroid dienone is 1. The van der Waals surface area contributed by atoms with Gasteiger partial charge in [0, 0.05) is 0 Å². The molecule has 0 saturated carbocycles. The first-order valence-electron chi connectivity index (χ1n) is 4.17. The summed E-state index contributed by atoms with van der Waals surface area (Å²) in [5, 5.41) is 0. The van der Waals surface area contributed by atoms with Crippen molar-refractivity contribution in [1.82, 2.24) is 0 Å². The van der Waals surface area contributed by atoms with E-state index in [-0.39, 0.29) is 23.1 Å². The van der Waals surface area contributed by atoms with Gasteiger partial charge in [-0.15, -0.1) is 0 Å². The molecule has 0 heterocycles. The maximum atomic E-state index is 3.83. The number of hydrogen-bond acceptors (Lipinski definition) is 0. The van der Waals surface area contributed by atoms with Crippen LogP contribution in [0, 0.1) is 18.9 Å². The summed E-state index contributed by atoms with van der Waals surface area (Å²) in [4.78, 5) is 0. The molecule has 0 aromatic carbocycles. The first kappa shape index (κ1) is 14.1. The summed E-state index contributed by atoms with van der Waals surface area (Å²) in [6.07, 6.45) is 9.10. The van der Waals surface area contributed by atoms with Gasteiger partial charge in [-0.25, -0.2) is 12.3 Å². The van der Waals surface area contributed by atoms with Gasteiger partial charge in [0.2, 0.25) is 0 Å². The maximum absolute atomic E-state index is 3.83. The predicted octanol–water partition coefficient (Wildman–Crippen LogP) is 3.02. The maximum Gasteiger partial charge on any atom is 2.00 e. The van der Waals surface area contributed by atoms with Crippen LogP contribution in [0.5, 0.6) is 0 Å². The van der Waals surface area contributed by atoms with Gasteiger partial charge >= 0.3 is 23.1 Å². The molecular weight excluding hydrogens is 144 g/mol. The van der Waals surface area contributed by atoms with Crippen LogP contribution in [0.15, 0.2) is 6.58 Å². The van der Waals surface area contributed by atoms with Crippen LogP contribution in [-0.4, -0.2) is 23.1 Å². The van der Waals surface area contributed by atoms with Gasteiger partial charge in [0.15, 0.2) is 0 Å². The fraction of sp³-hybridized carbons (Fsp3) is 0.700. The Hall–Kier alpha value is 0.506. The third kappa shape index (κ3) is 8.41. The van der Waals surface area contributed by atoms with Crippen LogP contribution in [0.4, 0.5) is 0 Å². The SMILES string of the molecule is C=[C-]C(C[CH2-])CCCCC.[Mg+2]. The van der Waals surface area contributed by atoms with Gasteiger partial charge in [0.25, 0.3) is 0 Å². The topological polar surface area (TPSA) is 0 Å². The van der Waals surface area contributed by atoms with Crippen LogP contribution in [0.3, 0.4) is 0 Å². The molecule has 0 aromatic heterocycles. The van der Waals surface area contributed by atoms with Crippen molar-refractivity contribution >= 4 is 23.1 Å². The summed E-state index contributed by atoms with van der Waals surface area (Å²) in [5.74, 6) is 0.534. The van der Waals surface area contributed by atoms with E-state index >= 15 is 0 Å². The molecule has 0 spiro atoms. The molecule has 0 aromatic rings. The second kappa shape index (κ2) is 10.5. The van der Waals surface area contributed by atoms with Crippen LogP contribution in [0.25, 0.3) is 0 Å². The van der Waals surface area contributed by atoms with Gasteiger partial charge in [0.1, 0.15) is 0 Å². The first-order chi connectivity index (χ1) is 4.85. The van der Waals surface area contributed by atoms with E-state index in [1.165, 1.54) is 25.7 Å². The Morgan fingerprint density at radius 3 is 2.45 bits per heavy atom. The van der Waals surface area contributed by atoms with Crippen LogP contribution in [0.1, 0.15) is 39.0 Å². The monoisotopic (exact) mass is 162 g/mol. The summed E-state index contributed by atoms with van der Waals surface area (Å²) in [6.45, 7) is 9.70. The van der Waals surface area contributed by atoms with Crippen molar-refractivity contribution in [3.05, 3.63) is 19.6 Å². The van der Waals surface area contributed by atoms with Crippen molar-refractivity contribution < 1.29 is 0 Å². The van der Waals surface area contributed by atoms with E-state index in [2.05, 4.69) is 26.5 Å². The van der Waals surface area contributed by atoms with Crippen molar-refractivity contribution in [2.75, 3.05) is 0 Å². The summed E-state index contributed by atoms with van der Waals surface area (Å²) >= 11 is 0. The van der Waals surface area contributed by atoms with E-state index in [1.54, 1.807) is 0 Å². The van der Waals surface area contributed by atoms with Gasteiger partial charge in [-0.2, -0.15) is 0 Å². The van der Waals surface area contributed by atoms with Crippen molar-refractivity contribution in [2.45, 2.75) is 39.0 Å². The molecule has 60 valence electrons. The minimum Gasteiger partial charge on any atom is -0.503 e. The van der Waals surface area contributed by atoms with E-state index in [1.807, 2.05) is 0 Å². The normalized spacial score (nSPS) is 11.8. The van der Waals surface area contributed by atoms with E-state index < -0.39 is 0 Å². The Morgan fingerprint density at radius 1 is 1.45 bits per heavy atom. The molecule has 1 atom stereocenters. The molecule has 0 amide bonds. The summed E-state index contributed by atoms with van der Waals surface area (Å²) < 4.78 is 0. The third-order valence-electron chi connectivity index (χ3n) is 1.79. The zero-order chi connectivity index (χ0) is 7.82. The van der Waals surface area contributed by atoms with E-state index in [0.717, 1.165) is 6.42 Å². The second-order valence-corrected chi connectivity index (χ2v) is 2.69. The van der Waals surface area contributed by atoms with Gasteiger partial charge in [-0.05, 0) is 0 Å². The summed E-state index contributed by atoms with van der Waals surface area (Å²) in [6, 6.07) is 0. The molecule has 0 aliphatic rings. The molecule has 1 unspecified atom stereocenters. The Bertz CT molecular complexity index is 78.9. The first-order valence-corrected chi connectivity index (χ1v) is 4.17. The van der Waals surface area contributed by atoms with Crippen molar-refractivity contribution in [3.63, 3.8) is 0 Å². The average molecular weight is 163 g/mol. The molecule has 0 rings (SSSR count). The number of hydrogen-bond donors (Lipinski definition) is 0. The van der Waals surface area contributed by atoms with Gasteiger partial charge < -0.3 is 13.0 Å². The zero-order valence-corrected chi connectivity index (χ0v) is 9.15. The Morgan fingerprint density at radius 2 is 2.09 bits per heavy atom. The summed E-state index contributed by atoms with van der Waals surface area (Å²) in [5.41, 5.74) is 0. The zero-order valence-electron chi connectivity index (χ0n) is 7.73. The van der Waals surface area contributed by atoms with Gasteiger partial charge in [0.05, 0.1) is 0 Å². The molecule has 0 aliphatic carbocycles. The Labute approximate surface area is 87.6 Å². The third-order valence-corrected chi connectivity index (χ3v) is 1.79. The van der Waals surface area contributed by atoms with Crippen molar-refractivity contribution in [1.29, 1.82) is 0 Å². The van der Waals surface area contributed by atoms with Gasteiger partial charge in [-0.3, -0.25) is 6.58 Å². The number of rotatable bonds is 6. The van der Waals surface area contributed by atoms with Crippen molar-refractivity contribution in [3.8, 4) is 0 Å². The predicted molar refractivity (Wildman–Crippen MR) is 52.2 cm³/mol. The fourth-order valence-electron chi connectivity index (χ4n) is 0.989. The molecule has 11 heavy (non-hydrogen) atoms. The van der Waals surface area contributed by atoms with Crippen LogP contribution in [-0.2, 0) is 0 Å². The van der Waals surface area contributed by atoms with Crippen LogP contribution < -0.4 is 0 Å². The Kier molecular flexibility index (Phi) is 13.4. The van der Waals surface area contributed by atoms with E-state index in [4.69, 9.17) is 0 Å². The standard InChI is InChI=1S/C10H18.Mg/c1-4-7-8-9-10(5-2)6-3;/h10H,2-5,7-9H2,1H3;/q-2;+2. The van der Waals surface area contributed by atoms with Gasteiger partial charge in [-0.1, -0.05) is 32.6 Å². The number of unbranched alkanes of at least 4 members (excludes halogenated alkanes) is 2. The second-order valence-electron chi connectivity index (χ2n) is 2.69. The molecule has 0 aliphatic heterocycles. The smallest absolute Gasteiger partial charge is 0.503 e. The molecule has 0 N–H and O–H groups in total. The van der Waals surface area contributed by atoms with E-state index in [0.29, 0.717) is 5.92 Å². The van der Waals surface area contributed by atoms with Crippen LogP contribution in [0.2, 0.25) is 0 Å². The average Bonchev–Trinajstić information content (AvgIpc) is 1.99. The molecule has 0 radical (unpaired) electrons. The molecule has 0 saturated heterocycles. The quantitative estimate of drug-likeness (QED) is 0.320. The molecule has 1 heteroatoms. The molecular formula is C10H18Mg. The summed E-state index contributed by atoms with van der Waals surface area (Å²) in [7, 11) is 0. The molecule has 0 fully saturated rings. The molecule has 0 bridgehead atoms. The Balaban J connectivity index is 0. The van der Waals surface area contributed by atoms with Crippen LogP contribution >= 0.6 is 0 Å². The van der Waals surface area contributed by atoms with E-state index in [9.17, 15) is 0 Å². The fourth-order valence-corrected chi connectivity index (χ4v) is 0.989. The minimum atomic E-state index is 0. The van der Waals surface area contributed by atoms with Crippen molar-refractivity contribution in [2.24, 2.45) is 5.92 Å².